The van der Waals surface area contributed by atoms with Crippen molar-refractivity contribution in [2.45, 2.75) is 29.7 Å². The fourth-order valence-electron chi connectivity index (χ4n) is 4.32. The molecule has 0 unspecified atom stereocenters. The Bertz CT molecular complexity index is 1520. The predicted molar refractivity (Wildman–Crippen MR) is 143 cm³/mol. The maximum absolute atomic E-state index is 13.7. The third kappa shape index (κ3) is 4.57. The number of rotatable bonds is 5. The van der Waals surface area contributed by atoms with Gasteiger partial charge >= 0.3 is 0 Å². The van der Waals surface area contributed by atoms with Gasteiger partial charge in [0.1, 0.15) is 0 Å². The Kier molecular flexibility index (Phi) is 6.72. The second kappa shape index (κ2) is 10.1. The van der Waals surface area contributed by atoms with Crippen LogP contribution >= 0.6 is 11.6 Å². The molecule has 0 aromatic heterocycles. The zero-order valence-electron chi connectivity index (χ0n) is 19.5. The molecule has 5 nitrogen and oxygen atoms in total. The molecule has 36 heavy (non-hydrogen) atoms. The number of halogens is 1. The Morgan fingerprint density at radius 2 is 1.69 bits per heavy atom. The van der Waals surface area contributed by atoms with E-state index >= 15 is 0 Å². The molecule has 5 rings (SSSR count). The van der Waals surface area contributed by atoms with Crippen LogP contribution in [-0.4, -0.2) is 16.0 Å². The van der Waals surface area contributed by atoms with E-state index in [1.54, 1.807) is 59.5 Å². The van der Waals surface area contributed by atoms with E-state index in [4.69, 9.17) is 11.6 Å². The molecule has 4 aromatic carbocycles. The second-order valence-corrected chi connectivity index (χ2v) is 10.3. The molecule has 1 atom stereocenters. The van der Waals surface area contributed by atoms with Crippen molar-refractivity contribution in [1.29, 1.82) is 0 Å². The molecule has 1 heterocycles. The van der Waals surface area contributed by atoms with Crippen molar-refractivity contribution in [2.75, 3.05) is 10.2 Å². The lowest BCUT2D eigenvalue weighted by molar-refractivity contribution is 0.0979. The van der Waals surface area contributed by atoms with Crippen LogP contribution < -0.4 is 10.2 Å². The predicted octanol–water partition coefficient (Wildman–Crippen LogP) is 6.48. The first-order chi connectivity index (χ1) is 17.5. The summed E-state index contributed by atoms with van der Waals surface area (Å²) in [4.78, 5) is 29.5. The fraction of sp³-hybridized carbons (Fsp3) is 0.103. The molecule has 180 valence electrons. The first-order valence-electron chi connectivity index (χ1n) is 11.6. The molecule has 0 bridgehead atoms. The highest BCUT2D eigenvalue weighted by molar-refractivity contribution is 7.85. The van der Waals surface area contributed by atoms with Crippen LogP contribution in [0.5, 0.6) is 0 Å². The molecule has 0 fully saturated rings. The summed E-state index contributed by atoms with van der Waals surface area (Å²) in [6.07, 6.45) is 0.778. The molecule has 7 heteroatoms. The zero-order chi connectivity index (χ0) is 25.2. The molecule has 1 N–H and O–H groups in total. The maximum Gasteiger partial charge on any atom is 0.259 e. The second-order valence-electron chi connectivity index (χ2n) is 8.43. The zero-order valence-corrected chi connectivity index (χ0v) is 21.1. The lowest BCUT2D eigenvalue weighted by atomic mass is 10.1. The number of hydrogen-bond donors (Lipinski definition) is 1. The van der Waals surface area contributed by atoms with Crippen LogP contribution in [0.3, 0.4) is 0 Å². The van der Waals surface area contributed by atoms with Gasteiger partial charge in [0.15, 0.2) is 0 Å². The molecule has 0 aliphatic carbocycles. The minimum absolute atomic E-state index is 0.210. The van der Waals surface area contributed by atoms with Gasteiger partial charge in [-0.1, -0.05) is 61.0 Å². The Balaban J connectivity index is 1.60. The van der Waals surface area contributed by atoms with Crippen molar-refractivity contribution in [1.82, 2.24) is 0 Å². The van der Waals surface area contributed by atoms with Gasteiger partial charge in [-0.05, 0) is 66.1 Å². The van der Waals surface area contributed by atoms with Gasteiger partial charge in [0, 0.05) is 16.3 Å². The molecular formula is C29H23ClN2O3S. The van der Waals surface area contributed by atoms with Crippen LogP contribution in [0.4, 0.5) is 11.4 Å². The first kappa shape index (κ1) is 24.0. The number of anilines is 2. The molecule has 4 aromatic rings. The minimum atomic E-state index is -1.60. The molecule has 1 aliphatic heterocycles. The van der Waals surface area contributed by atoms with Gasteiger partial charge in [0.25, 0.3) is 11.8 Å². The first-order valence-corrected chi connectivity index (χ1v) is 13.1. The van der Waals surface area contributed by atoms with E-state index in [2.05, 4.69) is 5.32 Å². The summed E-state index contributed by atoms with van der Waals surface area (Å²) in [6.45, 7) is 2.24. The standard InChI is InChI=1S/C29H23ClN2O3S/c1-2-20-9-3-5-12-24(20)31-28(33)21-14-15-27-25(17-21)32(18-19-8-7-10-22(30)16-19)29(34)23-11-4-6-13-26(23)36(27)35/h3-17H,2,18H2,1H3,(H,31,33)/t36-/m1/s1. The number of nitrogens with zero attached hydrogens (tertiary/aromatic N) is 1. The number of nitrogens with one attached hydrogen (secondary N) is 1. The average Bonchev–Trinajstić information content (AvgIpc) is 2.98. The van der Waals surface area contributed by atoms with Crippen LogP contribution in [0.15, 0.2) is 101 Å². The quantitative estimate of drug-likeness (QED) is 0.331. The smallest absolute Gasteiger partial charge is 0.259 e. The molecule has 0 saturated carbocycles. The lowest BCUT2D eigenvalue weighted by Gasteiger charge is -2.24. The summed E-state index contributed by atoms with van der Waals surface area (Å²) in [5.41, 5.74) is 3.76. The maximum atomic E-state index is 13.7. The number of benzene rings is 4. The summed E-state index contributed by atoms with van der Waals surface area (Å²) in [5.74, 6) is -0.590. The van der Waals surface area contributed by atoms with Crippen molar-refractivity contribution < 1.29 is 13.8 Å². The van der Waals surface area contributed by atoms with Crippen molar-refractivity contribution >= 4 is 45.6 Å². The average molecular weight is 515 g/mol. The van der Waals surface area contributed by atoms with Crippen molar-refractivity contribution in [3.8, 4) is 0 Å². The largest absolute Gasteiger partial charge is 0.322 e. The van der Waals surface area contributed by atoms with Gasteiger partial charge in [0.2, 0.25) is 0 Å². The number of carbonyl (C=O) groups is 2. The van der Waals surface area contributed by atoms with Crippen LogP contribution in [0, 0.1) is 0 Å². The summed E-state index contributed by atoms with van der Waals surface area (Å²) in [5, 5.41) is 3.53. The number of carbonyl (C=O) groups excluding carboxylic acids is 2. The topological polar surface area (TPSA) is 66.5 Å². The van der Waals surface area contributed by atoms with Gasteiger partial charge < -0.3 is 10.2 Å². The highest BCUT2D eigenvalue weighted by atomic mass is 35.5. The number of amides is 2. The SMILES string of the molecule is CCc1ccccc1NC(=O)c1ccc2c(c1)N(Cc1cccc(Cl)c1)C(=O)c1ccccc1[S@]2=O. The van der Waals surface area contributed by atoms with Crippen LogP contribution in [-0.2, 0) is 23.8 Å². The molecule has 1 aliphatic rings. The fourth-order valence-corrected chi connectivity index (χ4v) is 5.88. The number of fused-ring (bicyclic) bond motifs is 2. The van der Waals surface area contributed by atoms with E-state index in [-0.39, 0.29) is 18.4 Å². The van der Waals surface area contributed by atoms with E-state index in [0.717, 1.165) is 23.2 Å². The lowest BCUT2D eigenvalue weighted by Crippen LogP contribution is -2.30. The summed E-state index contributed by atoms with van der Waals surface area (Å²) < 4.78 is 13.6. The van der Waals surface area contributed by atoms with Crippen LogP contribution in [0.25, 0.3) is 0 Å². The van der Waals surface area contributed by atoms with Crippen molar-refractivity contribution in [3.63, 3.8) is 0 Å². The third-order valence-electron chi connectivity index (χ3n) is 6.15. The van der Waals surface area contributed by atoms with Gasteiger partial charge in [-0.2, -0.15) is 0 Å². The summed E-state index contributed by atoms with van der Waals surface area (Å²) in [6, 6.07) is 26.8. The van der Waals surface area contributed by atoms with Crippen LogP contribution in [0.1, 0.15) is 38.8 Å². The number of aryl methyl sites for hydroxylation is 1. The van der Waals surface area contributed by atoms with Crippen molar-refractivity contribution in [3.05, 3.63) is 118 Å². The molecule has 0 radical (unpaired) electrons. The van der Waals surface area contributed by atoms with E-state index < -0.39 is 10.8 Å². The Labute approximate surface area is 217 Å². The van der Waals surface area contributed by atoms with Gasteiger partial charge in [-0.15, -0.1) is 0 Å². The Hall–Kier alpha value is -3.74. The molecule has 2 amide bonds. The van der Waals surface area contributed by atoms with E-state index in [1.165, 1.54) is 0 Å². The number of hydrogen-bond acceptors (Lipinski definition) is 3. The van der Waals surface area contributed by atoms with Gasteiger partial charge in [0.05, 0.1) is 38.4 Å². The van der Waals surface area contributed by atoms with E-state index in [9.17, 15) is 13.8 Å². The molecule has 0 saturated heterocycles. The Morgan fingerprint density at radius 1 is 0.917 bits per heavy atom. The number of para-hydroxylation sites is 1. The van der Waals surface area contributed by atoms with Crippen LogP contribution in [0.2, 0.25) is 5.02 Å². The van der Waals surface area contributed by atoms with Gasteiger partial charge in [-0.3, -0.25) is 9.59 Å². The Morgan fingerprint density at radius 3 is 2.50 bits per heavy atom. The summed E-state index contributed by atoms with van der Waals surface area (Å²) in [7, 11) is -1.60. The summed E-state index contributed by atoms with van der Waals surface area (Å²) >= 11 is 6.20. The highest BCUT2D eigenvalue weighted by Crippen LogP contribution is 2.36. The third-order valence-corrected chi connectivity index (χ3v) is 7.89. The van der Waals surface area contributed by atoms with Gasteiger partial charge in [-0.25, -0.2) is 4.21 Å². The monoisotopic (exact) mass is 514 g/mol. The van der Waals surface area contributed by atoms with E-state index in [1.807, 2.05) is 43.3 Å². The van der Waals surface area contributed by atoms with E-state index in [0.29, 0.717) is 31.6 Å². The highest BCUT2D eigenvalue weighted by Gasteiger charge is 2.31. The van der Waals surface area contributed by atoms with Crippen molar-refractivity contribution in [2.24, 2.45) is 0 Å². The minimum Gasteiger partial charge on any atom is -0.322 e. The normalized spacial score (nSPS) is 14.6. The molecular weight excluding hydrogens is 492 g/mol. The molecule has 0 spiro atoms.